The average Bonchev–Trinajstić information content (AvgIpc) is 2.67. The van der Waals surface area contributed by atoms with Gasteiger partial charge in [-0.05, 0) is 43.3 Å². The molecule has 1 heterocycles. The van der Waals surface area contributed by atoms with Crippen LogP contribution in [0.1, 0.15) is 6.92 Å². The van der Waals surface area contributed by atoms with E-state index < -0.39 is 0 Å². The van der Waals surface area contributed by atoms with Crippen molar-refractivity contribution in [3.8, 4) is 0 Å². The first-order valence-electron chi connectivity index (χ1n) is 8.75. The van der Waals surface area contributed by atoms with Crippen LogP contribution in [-0.2, 0) is 4.79 Å². The van der Waals surface area contributed by atoms with Crippen molar-refractivity contribution in [3.05, 3.63) is 60.4 Å². The van der Waals surface area contributed by atoms with Gasteiger partial charge in [-0.1, -0.05) is 18.2 Å². The average molecular weight is 341 g/mol. The van der Waals surface area contributed by atoms with Gasteiger partial charge in [0.05, 0.1) is 6.54 Å². The molecule has 2 aromatic rings. The Morgan fingerprint density at radius 2 is 1.64 bits per heavy atom. The predicted octanol–water partition coefficient (Wildman–Crippen LogP) is 3.00. The maximum atomic E-state index is 13.0. The van der Waals surface area contributed by atoms with Gasteiger partial charge in [-0.3, -0.25) is 4.79 Å². The first-order valence-corrected chi connectivity index (χ1v) is 8.75. The van der Waals surface area contributed by atoms with Crippen LogP contribution in [0.25, 0.3) is 0 Å². The van der Waals surface area contributed by atoms with Crippen LogP contribution < -0.4 is 9.80 Å². The van der Waals surface area contributed by atoms with Crippen LogP contribution in [0.5, 0.6) is 0 Å². The number of carbonyl (C=O) groups is 1. The molecule has 0 radical (unpaired) electrons. The zero-order chi connectivity index (χ0) is 17.6. The number of rotatable bonds is 5. The van der Waals surface area contributed by atoms with Crippen molar-refractivity contribution in [1.82, 2.24) is 4.90 Å². The zero-order valence-corrected chi connectivity index (χ0v) is 14.6. The van der Waals surface area contributed by atoms with Crippen molar-refractivity contribution < 1.29 is 9.18 Å². The summed E-state index contributed by atoms with van der Waals surface area (Å²) in [7, 11) is 0. The standard InChI is InChI=1S/C20H24FN3O/c1-2-22(18-6-4-3-5-7-18)16-20(25)24-14-12-23(13-15-24)19-10-8-17(21)9-11-19/h3-11H,2,12-16H2,1H3. The van der Waals surface area contributed by atoms with Crippen LogP contribution in [0.4, 0.5) is 15.8 Å². The van der Waals surface area contributed by atoms with E-state index in [-0.39, 0.29) is 11.7 Å². The molecule has 3 rings (SSSR count). The van der Waals surface area contributed by atoms with Crippen molar-refractivity contribution in [3.63, 3.8) is 0 Å². The summed E-state index contributed by atoms with van der Waals surface area (Å²) < 4.78 is 13.0. The summed E-state index contributed by atoms with van der Waals surface area (Å²) in [6.07, 6.45) is 0. The minimum absolute atomic E-state index is 0.157. The van der Waals surface area contributed by atoms with E-state index in [0.717, 1.165) is 31.0 Å². The third-order valence-corrected chi connectivity index (χ3v) is 4.65. The Morgan fingerprint density at radius 1 is 1.00 bits per heavy atom. The number of carbonyl (C=O) groups excluding carboxylic acids is 1. The first kappa shape index (κ1) is 17.3. The molecule has 2 aromatic carbocycles. The first-order chi connectivity index (χ1) is 12.2. The minimum Gasteiger partial charge on any atom is -0.368 e. The molecule has 4 nitrogen and oxygen atoms in total. The molecule has 0 aliphatic carbocycles. The van der Waals surface area contributed by atoms with Crippen molar-refractivity contribution in [2.24, 2.45) is 0 Å². The molecule has 0 saturated carbocycles. The number of amides is 1. The Labute approximate surface area is 148 Å². The van der Waals surface area contributed by atoms with E-state index in [1.54, 1.807) is 12.1 Å². The van der Waals surface area contributed by atoms with Gasteiger partial charge in [0.25, 0.3) is 0 Å². The highest BCUT2D eigenvalue weighted by molar-refractivity contribution is 5.81. The largest absolute Gasteiger partial charge is 0.368 e. The number of halogens is 1. The van der Waals surface area contributed by atoms with Gasteiger partial charge in [0.2, 0.25) is 5.91 Å². The lowest BCUT2D eigenvalue weighted by atomic mass is 10.2. The fraction of sp³-hybridized carbons (Fsp3) is 0.350. The molecule has 132 valence electrons. The molecular formula is C20H24FN3O. The summed E-state index contributed by atoms with van der Waals surface area (Å²) in [5, 5.41) is 0. The Hall–Kier alpha value is -2.56. The van der Waals surface area contributed by atoms with E-state index in [1.807, 2.05) is 35.2 Å². The monoisotopic (exact) mass is 341 g/mol. The Morgan fingerprint density at radius 3 is 2.24 bits per heavy atom. The maximum absolute atomic E-state index is 13.0. The Balaban J connectivity index is 1.55. The second-order valence-electron chi connectivity index (χ2n) is 6.19. The van der Waals surface area contributed by atoms with Gasteiger partial charge < -0.3 is 14.7 Å². The van der Waals surface area contributed by atoms with Gasteiger partial charge in [0.1, 0.15) is 5.82 Å². The van der Waals surface area contributed by atoms with Crippen molar-refractivity contribution in [2.45, 2.75) is 6.92 Å². The molecule has 0 atom stereocenters. The molecule has 25 heavy (non-hydrogen) atoms. The normalized spacial score (nSPS) is 14.5. The molecule has 0 unspecified atom stereocenters. The summed E-state index contributed by atoms with van der Waals surface area (Å²) >= 11 is 0. The van der Waals surface area contributed by atoms with E-state index in [1.165, 1.54) is 12.1 Å². The number of hydrogen-bond donors (Lipinski definition) is 0. The molecular weight excluding hydrogens is 317 g/mol. The zero-order valence-electron chi connectivity index (χ0n) is 14.6. The molecule has 1 amide bonds. The number of para-hydroxylation sites is 1. The molecule has 0 aromatic heterocycles. The number of anilines is 2. The van der Waals surface area contributed by atoms with E-state index in [4.69, 9.17) is 0 Å². The molecule has 1 aliphatic heterocycles. The highest BCUT2D eigenvalue weighted by Crippen LogP contribution is 2.18. The van der Waals surface area contributed by atoms with Crippen LogP contribution in [0, 0.1) is 5.82 Å². The summed E-state index contributed by atoms with van der Waals surface area (Å²) in [6, 6.07) is 16.6. The molecule has 0 N–H and O–H groups in total. The summed E-state index contributed by atoms with van der Waals surface area (Å²) in [5.74, 6) is -0.0670. The van der Waals surface area contributed by atoms with Crippen LogP contribution in [0.15, 0.2) is 54.6 Å². The van der Waals surface area contributed by atoms with Crippen LogP contribution in [0.3, 0.4) is 0 Å². The molecule has 1 saturated heterocycles. The van der Waals surface area contributed by atoms with E-state index in [2.05, 4.69) is 16.7 Å². The van der Waals surface area contributed by atoms with Gasteiger partial charge >= 0.3 is 0 Å². The van der Waals surface area contributed by atoms with E-state index in [0.29, 0.717) is 19.6 Å². The number of hydrogen-bond acceptors (Lipinski definition) is 3. The summed E-state index contributed by atoms with van der Waals surface area (Å²) in [5.41, 5.74) is 2.08. The summed E-state index contributed by atoms with van der Waals surface area (Å²) in [6.45, 7) is 6.20. The van der Waals surface area contributed by atoms with Gasteiger partial charge in [-0.15, -0.1) is 0 Å². The predicted molar refractivity (Wildman–Crippen MR) is 99.5 cm³/mol. The fourth-order valence-electron chi connectivity index (χ4n) is 3.15. The second-order valence-corrected chi connectivity index (χ2v) is 6.19. The fourth-order valence-corrected chi connectivity index (χ4v) is 3.15. The second kappa shape index (κ2) is 8.01. The van der Waals surface area contributed by atoms with E-state index in [9.17, 15) is 9.18 Å². The molecule has 1 aliphatic rings. The molecule has 0 spiro atoms. The summed E-state index contributed by atoms with van der Waals surface area (Å²) in [4.78, 5) is 18.9. The topological polar surface area (TPSA) is 26.8 Å². The number of likely N-dealkylation sites (N-methyl/N-ethyl adjacent to an activating group) is 1. The number of benzene rings is 2. The Kier molecular flexibility index (Phi) is 5.53. The van der Waals surface area contributed by atoms with Crippen LogP contribution in [0.2, 0.25) is 0 Å². The van der Waals surface area contributed by atoms with Gasteiger partial charge in [0.15, 0.2) is 0 Å². The van der Waals surface area contributed by atoms with Crippen molar-refractivity contribution in [2.75, 3.05) is 49.1 Å². The van der Waals surface area contributed by atoms with Crippen LogP contribution in [-0.4, -0.2) is 50.1 Å². The SMILES string of the molecule is CCN(CC(=O)N1CCN(c2ccc(F)cc2)CC1)c1ccccc1. The van der Waals surface area contributed by atoms with Gasteiger partial charge in [-0.25, -0.2) is 4.39 Å². The van der Waals surface area contributed by atoms with E-state index >= 15 is 0 Å². The lowest BCUT2D eigenvalue weighted by molar-refractivity contribution is -0.130. The van der Waals surface area contributed by atoms with Crippen LogP contribution >= 0.6 is 0 Å². The highest BCUT2D eigenvalue weighted by atomic mass is 19.1. The minimum atomic E-state index is -0.224. The van der Waals surface area contributed by atoms with Gasteiger partial charge in [-0.2, -0.15) is 0 Å². The lowest BCUT2D eigenvalue weighted by Crippen LogP contribution is -2.51. The highest BCUT2D eigenvalue weighted by Gasteiger charge is 2.22. The maximum Gasteiger partial charge on any atom is 0.242 e. The van der Waals surface area contributed by atoms with Crippen molar-refractivity contribution in [1.29, 1.82) is 0 Å². The molecule has 1 fully saturated rings. The third kappa shape index (κ3) is 4.29. The molecule has 0 bridgehead atoms. The number of nitrogens with zero attached hydrogens (tertiary/aromatic N) is 3. The molecule has 5 heteroatoms. The smallest absolute Gasteiger partial charge is 0.242 e. The number of piperazine rings is 1. The Bertz CT molecular complexity index is 682. The quantitative estimate of drug-likeness (QED) is 0.836. The van der Waals surface area contributed by atoms with Gasteiger partial charge in [0, 0.05) is 44.1 Å². The van der Waals surface area contributed by atoms with Crippen molar-refractivity contribution >= 4 is 17.3 Å². The lowest BCUT2D eigenvalue weighted by Gasteiger charge is -2.37. The third-order valence-electron chi connectivity index (χ3n) is 4.65.